The second-order valence-electron chi connectivity index (χ2n) is 8.89. The van der Waals surface area contributed by atoms with Crippen LogP contribution < -0.4 is 0 Å². The van der Waals surface area contributed by atoms with Crippen LogP contribution in [0.15, 0.2) is 11.6 Å². The van der Waals surface area contributed by atoms with E-state index in [1.54, 1.807) is 0 Å². The van der Waals surface area contributed by atoms with Crippen molar-refractivity contribution in [2.75, 3.05) is 0 Å². The summed E-state index contributed by atoms with van der Waals surface area (Å²) in [7, 11) is 0. The fourth-order valence-corrected chi connectivity index (χ4v) is 6.67. The molecule has 124 valence electrons. The molecule has 0 saturated heterocycles. The topological polar surface area (TPSA) is 40.5 Å². The molecule has 2 N–H and O–H groups in total. The predicted octanol–water partition coefficient (Wildman–Crippen LogP) is 3.97. The third kappa shape index (κ3) is 1.78. The summed E-state index contributed by atoms with van der Waals surface area (Å²) in [4.78, 5) is 0. The quantitative estimate of drug-likeness (QED) is 0.665. The van der Waals surface area contributed by atoms with Gasteiger partial charge in [-0.15, -0.1) is 0 Å². The van der Waals surface area contributed by atoms with Crippen molar-refractivity contribution in [2.24, 2.45) is 28.6 Å². The summed E-state index contributed by atoms with van der Waals surface area (Å²) in [5.41, 5.74) is 1.10. The second-order valence-corrected chi connectivity index (χ2v) is 8.89. The third-order valence-corrected chi connectivity index (χ3v) is 8.14. The first-order valence-corrected chi connectivity index (χ1v) is 9.08. The number of halogens is 1. The number of aliphatic hydroxyl groups is 2. The number of fused-ring (bicyclic) bond motifs is 5. The van der Waals surface area contributed by atoms with Crippen LogP contribution in [0.4, 0.5) is 4.39 Å². The monoisotopic (exact) mass is 308 g/mol. The Balaban J connectivity index is 1.68. The van der Waals surface area contributed by atoms with E-state index >= 15 is 0 Å². The predicted molar refractivity (Wildman–Crippen MR) is 83.8 cm³/mol. The molecule has 0 aromatic heterocycles. The number of allylic oxidation sites excluding steroid dienone is 1. The zero-order valence-electron chi connectivity index (χ0n) is 13.8. The maximum atomic E-state index is 14.7. The first kappa shape index (κ1) is 15.1. The van der Waals surface area contributed by atoms with Gasteiger partial charge in [0.25, 0.3) is 0 Å². The van der Waals surface area contributed by atoms with Gasteiger partial charge in [0.05, 0.1) is 6.10 Å². The van der Waals surface area contributed by atoms with Gasteiger partial charge in [-0.05, 0) is 68.1 Å². The van der Waals surface area contributed by atoms with E-state index in [4.69, 9.17) is 0 Å². The lowest BCUT2D eigenvalue weighted by Gasteiger charge is -2.58. The molecule has 3 fully saturated rings. The number of rotatable bonds is 0. The van der Waals surface area contributed by atoms with E-state index < -0.39 is 11.3 Å². The van der Waals surface area contributed by atoms with Crippen molar-refractivity contribution in [1.29, 1.82) is 0 Å². The third-order valence-electron chi connectivity index (χ3n) is 8.14. The normalized spacial score (nSPS) is 57.6. The lowest BCUT2D eigenvalue weighted by Crippen LogP contribution is -2.53. The Kier molecular flexibility index (Phi) is 3.14. The minimum atomic E-state index is -1.97. The standard InChI is InChI=1S/C19H29FO2/c1-17-8-5-13(21)11-12(17)3-4-14-15(17)6-9-18(2)16(14)7-10-19(18,20)22/h11,13-16,21-22H,3-10H2,1-2H3/t13?,14-,15-,16+,17+,18+,19?/m1/s1. The maximum Gasteiger partial charge on any atom is 0.212 e. The molecule has 7 atom stereocenters. The molecule has 0 spiro atoms. The van der Waals surface area contributed by atoms with E-state index in [1.165, 1.54) is 5.57 Å². The fourth-order valence-electron chi connectivity index (χ4n) is 6.67. The van der Waals surface area contributed by atoms with Crippen LogP contribution in [0.25, 0.3) is 0 Å². The van der Waals surface area contributed by atoms with Crippen LogP contribution in [0.2, 0.25) is 0 Å². The fraction of sp³-hybridized carbons (Fsp3) is 0.895. The highest BCUT2D eigenvalue weighted by Crippen LogP contribution is 2.67. The Morgan fingerprint density at radius 1 is 1.05 bits per heavy atom. The van der Waals surface area contributed by atoms with Gasteiger partial charge in [0.15, 0.2) is 0 Å². The zero-order valence-corrected chi connectivity index (χ0v) is 13.8. The Bertz CT molecular complexity index is 514. The van der Waals surface area contributed by atoms with E-state index in [2.05, 4.69) is 13.0 Å². The molecule has 3 heteroatoms. The van der Waals surface area contributed by atoms with Crippen LogP contribution in [0, 0.1) is 28.6 Å². The molecule has 0 aromatic carbocycles. The highest BCUT2D eigenvalue weighted by atomic mass is 19.2. The first-order valence-electron chi connectivity index (χ1n) is 9.08. The van der Waals surface area contributed by atoms with Crippen molar-refractivity contribution in [3.8, 4) is 0 Å². The molecule has 0 amide bonds. The summed E-state index contributed by atoms with van der Waals surface area (Å²) in [6.45, 7) is 4.36. The molecule has 0 radical (unpaired) electrons. The van der Waals surface area contributed by atoms with Crippen LogP contribution in [0.1, 0.15) is 65.2 Å². The van der Waals surface area contributed by atoms with E-state index in [1.807, 2.05) is 6.92 Å². The van der Waals surface area contributed by atoms with Gasteiger partial charge in [0.2, 0.25) is 5.85 Å². The second kappa shape index (κ2) is 4.57. The Morgan fingerprint density at radius 3 is 2.55 bits per heavy atom. The molecule has 4 aliphatic rings. The Hall–Kier alpha value is -0.410. The maximum absolute atomic E-state index is 14.7. The lowest BCUT2D eigenvalue weighted by molar-refractivity contribution is -0.199. The summed E-state index contributed by atoms with van der Waals surface area (Å²) in [5, 5.41) is 20.2. The molecule has 4 aliphatic carbocycles. The summed E-state index contributed by atoms with van der Waals surface area (Å²) < 4.78 is 14.7. The van der Waals surface area contributed by atoms with E-state index in [9.17, 15) is 14.6 Å². The van der Waals surface area contributed by atoms with Gasteiger partial charge < -0.3 is 10.2 Å². The molecule has 4 rings (SSSR count). The molecule has 22 heavy (non-hydrogen) atoms. The Labute approximate surface area is 132 Å². The molecule has 3 saturated carbocycles. The highest BCUT2D eigenvalue weighted by molar-refractivity contribution is 5.25. The van der Waals surface area contributed by atoms with Gasteiger partial charge in [-0.1, -0.05) is 25.5 Å². The summed E-state index contributed by atoms with van der Waals surface area (Å²) in [6, 6.07) is 0. The van der Waals surface area contributed by atoms with Crippen LogP contribution in [-0.2, 0) is 0 Å². The number of aliphatic hydroxyl groups excluding tert-OH is 1. The zero-order chi connectivity index (χ0) is 15.8. The van der Waals surface area contributed by atoms with Crippen molar-refractivity contribution in [3.63, 3.8) is 0 Å². The summed E-state index contributed by atoms with van der Waals surface area (Å²) in [6.07, 6.45) is 8.89. The van der Waals surface area contributed by atoms with E-state index in [0.29, 0.717) is 24.2 Å². The van der Waals surface area contributed by atoms with Crippen molar-refractivity contribution in [2.45, 2.75) is 77.2 Å². The van der Waals surface area contributed by atoms with Gasteiger partial charge in [-0.2, -0.15) is 0 Å². The summed E-state index contributed by atoms with van der Waals surface area (Å²) >= 11 is 0. The van der Waals surface area contributed by atoms with Crippen LogP contribution >= 0.6 is 0 Å². The van der Waals surface area contributed by atoms with Crippen LogP contribution in [-0.4, -0.2) is 22.2 Å². The molecular weight excluding hydrogens is 279 g/mol. The van der Waals surface area contributed by atoms with Crippen molar-refractivity contribution in [3.05, 3.63) is 11.6 Å². The van der Waals surface area contributed by atoms with Gasteiger partial charge in [0.1, 0.15) is 0 Å². The molecule has 2 unspecified atom stereocenters. The van der Waals surface area contributed by atoms with E-state index in [0.717, 1.165) is 44.9 Å². The lowest BCUT2D eigenvalue weighted by atomic mass is 9.47. The smallest absolute Gasteiger partial charge is 0.212 e. The first-order chi connectivity index (χ1) is 10.3. The number of hydrogen-bond acceptors (Lipinski definition) is 2. The van der Waals surface area contributed by atoms with Crippen LogP contribution in [0.5, 0.6) is 0 Å². The summed E-state index contributed by atoms with van der Waals surface area (Å²) in [5.74, 6) is -0.498. The van der Waals surface area contributed by atoms with Crippen molar-refractivity contribution in [1.82, 2.24) is 0 Å². The highest BCUT2D eigenvalue weighted by Gasteiger charge is 2.64. The molecule has 0 aliphatic heterocycles. The van der Waals surface area contributed by atoms with Crippen molar-refractivity contribution < 1.29 is 14.6 Å². The number of hydrogen-bond donors (Lipinski definition) is 2. The SMILES string of the molecule is C[C@]12CCC(O)C=C1CC[C@@H]1[C@H]2CC[C@@]2(C)[C@H]1CCC2(O)F. The van der Waals surface area contributed by atoms with Gasteiger partial charge in [-0.25, -0.2) is 4.39 Å². The Morgan fingerprint density at radius 2 is 1.77 bits per heavy atom. The molecule has 2 nitrogen and oxygen atoms in total. The number of alkyl halides is 1. The van der Waals surface area contributed by atoms with Gasteiger partial charge in [-0.3, -0.25) is 0 Å². The van der Waals surface area contributed by atoms with Crippen molar-refractivity contribution >= 4 is 0 Å². The van der Waals surface area contributed by atoms with Gasteiger partial charge >= 0.3 is 0 Å². The van der Waals surface area contributed by atoms with E-state index in [-0.39, 0.29) is 11.5 Å². The molecular formula is C19H29FO2. The average Bonchev–Trinajstić information content (AvgIpc) is 2.70. The largest absolute Gasteiger partial charge is 0.389 e. The molecule has 0 aromatic rings. The minimum Gasteiger partial charge on any atom is -0.389 e. The molecule has 0 bridgehead atoms. The van der Waals surface area contributed by atoms with Crippen LogP contribution in [0.3, 0.4) is 0 Å². The minimum absolute atomic E-state index is 0.195. The molecule has 0 heterocycles. The van der Waals surface area contributed by atoms with Gasteiger partial charge in [0, 0.05) is 11.8 Å². The average molecular weight is 308 g/mol.